The van der Waals surface area contributed by atoms with Gasteiger partial charge in [0.1, 0.15) is 25.0 Å². The van der Waals surface area contributed by atoms with Gasteiger partial charge >= 0.3 is 0 Å². The number of nitrogens with zero attached hydrogens (tertiary/aromatic N) is 1. The first-order chi connectivity index (χ1) is 13.2. The Balaban J connectivity index is 1.66. The van der Waals surface area contributed by atoms with Crippen LogP contribution in [-0.2, 0) is 24.1 Å². The number of H-pyrrole nitrogens is 1. The summed E-state index contributed by atoms with van der Waals surface area (Å²) in [4.78, 5) is 21.5. The van der Waals surface area contributed by atoms with Gasteiger partial charge in [0.05, 0.1) is 30.0 Å². The maximum Gasteiger partial charge on any atom is 0.260 e. The number of benzene rings is 1. The van der Waals surface area contributed by atoms with Crippen molar-refractivity contribution in [3.05, 3.63) is 62.8 Å². The summed E-state index contributed by atoms with van der Waals surface area (Å²) in [5.41, 5.74) is 3.71. The predicted octanol–water partition coefficient (Wildman–Crippen LogP) is 0.786. The highest BCUT2D eigenvalue weighted by Gasteiger charge is 2.26. The summed E-state index contributed by atoms with van der Waals surface area (Å²) < 4.78 is 5.66. The van der Waals surface area contributed by atoms with E-state index in [0.29, 0.717) is 26.1 Å². The number of quaternary nitrogens is 1. The second kappa shape index (κ2) is 8.55. The lowest BCUT2D eigenvalue weighted by Crippen LogP contribution is -3.13. The van der Waals surface area contributed by atoms with Gasteiger partial charge in [-0.2, -0.15) is 0 Å². The highest BCUT2D eigenvalue weighted by Crippen LogP contribution is 2.12. The Labute approximate surface area is 166 Å². The summed E-state index contributed by atoms with van der Waals surface area (Å²) >= 11 is 0. The number of fused-ring (bicyclic) bond motifs is 1. The third kappa shape index (κ3) is 5.50. The Morgan fingerprint density at radius 2 is 2.07 bits per heavy atom. The Hall–Kier alpha value is -2.02. The van der Waals surface area contributed by atoms with Gasteiger partial charge in [-0.25, -0.2) is 4.98 Å². The molecular formula is C22H32N3O3+. The first kappa shape index (κ1) is 20.7. The van der Waals surface area contributed by atoms with Crippen molar-refractivity contribution in [2.24, 2.45) is 0 Å². The lowest BCUT2D eigenvalue weighted by molar-refractivity contribution is -0.919. The number of nitrogens with one attached hydrogen (secondary N) is 2. The highest BCUT2D eigenvalue weighted by atomic mass is 16.5. The molecule has 6 nitrogen and oxygen atoms in total. The summed E-state index contributed by atoms with van der Waals surface area (Å²) in [5.74, 6) is 0.722. The van der Waals surface area contributed by atoms with Gasteiger partial charge in [0, 0.05) is 12.8 Å². The van der Waals surface area contributed by atoms with Crippen molar-refractivity contribution in [3.8, 4) is 0 Å². The second-order valence-electron chi connectivity index (χ2n) is 8.75. The van der Waals surface area contributed by atoms with E-state index in [4.69, 9.17) is 9.72 Å². The smallest absolute Gasteiger partial charge is 0.260 e. The van der Waals surface area contributed by atoms with Gasteiger partial charge in [-0.15, -0.1) is 0 Å². The van der Waals surface area contributed by atoms with Crippen LogP contribution >= 0.6 is 0 Å². The van der Waals surface area contributed by atoms with E-state index in [1.807, 2.05) is 32.9 Å². The number of aromatic nitrogens is 2. The maximum atomic E-state index is 12.7. The minimum atomic E-state index is -0.539. The number of aliphatic hydroxyl groups excluding tert-OH is 1. The molecule has 1 aromatic heterocycles. The molecule has 3 rings (SSSR count). The number of aryl methyl sites for hydroxylation is 1. The van der Waals surface area contributed by atoms with E-state index in [1.165, 1.54) is 16.0 Å². The fourth-order valence-electron chi connectivity index (χ4n) is 3.60. The molecule has 0 aliphatic carbocycles. The van der Waals surface area contributed by atoms with Crippen LogP contribution in [-0.4, -0.2) is 46.5 Å². The van der Waals surface area contributed by atoms with Crippen LogP contribution in [0.5, 0.6) is 0 Å². The van der Waals surface area contributed by atoms with Gasteiger partial charge in [0.2, 0.25) is 0 Å². The van der Waals surface area contributed by atoms with E-state index in [9.17, 15) is 9.90 Å². The molecule has 1 aromatic carbocycles. The van der Waals surface area contributed by atoms with Crippen LogP contribution in [0, 0.1) is 6.92 Å². The Kier molecular flexibility index (Phi) is 6.33. The predicted molar refractivity (Wildman–Crippen MR) is 109 cm³/mol. The molecule has 1 aliphatic heterocycles. The normalized spacial score (nSPS) is 18.0. The second-order valence-corrected chi connectivity index (χ2v) is 8.75. The van der Waals surface area contributed by atoms with Gasteiger partial charge in [-0.3, -0.25) is 4.79 Å². The summed E-state index contributed by atoms with van der Waals surface area (Å²) in [6, 6.07) is 8.17. The van der Waals surface area contributed by atoms with Gasteiger partial charge in [0.15, 0.2) is 0 Å². The lowest BCUT2D eigenvalue weighted by Gasteiger charge is -2.28. The number of hydrogen-bond acceptors (Lipinski definition) is 4. The number of hydrogen-bond donors (Lipinski definition) is 3. The van der Waals surface area contributed by atoms with Crippen LogP contribution in [0.15, 0.2) is 29.1 Å². The molecule has 0 amide bonds. The minimum Gasteiger partial charge on any atom is -0.385 e. The van der Waals surface area contributed by atoms with Gasteiger partial charge in [-0.05, 0) is 38.8 Å². The van der Waals surface area contributed by atoms with Gasteiger partial charge in [-0.1, -0.05) is 24.3 Å². The fourth-order valence-corrected chi connectivity index (χ4v) is 3.60. The molecule has 1 aliphatic rings. The van der Waals surface area contributed by atoms with Crippen molar-refractivity contribution >= 4 is 0 Å². The molecule has 2 heterocycles. The fraction of sp³-hybridized carbons (Fsp3) is 0.545. The summed E-state index contributed by atoms with van der Waals surface area (Å²) in [6.45, 7) is 10.3. The third-order valence-electron chi connectivity index (χ3n) is 5.14. The molecule has 0 saturated heterocycles. The van der Waals surface area contributed by atoms with E-state index in [-0.39, 0.29) is 11.2 Å². The monoisotopic (exact) mass is 386 g/mol. The third-order valence-corrected chi connectivity index (χ3v) is 5.14. The molecule has 0 saturated carbocycles. The number of aromatic amines is 1. The van der Waals surface area contributed by atoms with Crippen molar-refractivity contribution in [1.82, 2.24) is 9.97 Å². The molecular weight excluding hydrogens is 354 g/mol. The van der Waals surface area contributed by atoms with E-state index in [2.05, 4.69) is 24.0 Å². The van der Waals surface area contributed by atoms with Crippen LogP contribution in [0.1, 0.15) is 49.0 Å². The Morgan fingerprint density at radius 1 is 1.32 bits per heavy atom. The van der Waals surface area contributed by atoms with Gasteiger partial charge < -0.3 is 19.7 Å². The average molecular weight is 387 g/mol. The van der Waals surface area contributed by atoms with Crippen LogP contribution in [0.4, 0.5) is 0 Å². The van der Waals surface area contributed by atoms with Crippen LogP contribution < -0.4 is 10.5 Å². The number of ether oxygens (including phenoxy) is 1. The largest absolute Gasteiger partial charge is 0.385 e. The Morgan fingerprint density at radius 3 is 2.79 bits per heavy atom. The van der Waals surface area contributed by atoms with Crippen LogP contribution in [0.3, 0.4) is 0 Å². The molecule has 28 heavy (non-hydrogen) atoms. The van der Waals surface area contributed by atoms with Crippen molar-refractivity contribution in [3.63, 3.8) is 0 Å². The first-order valence-corrected chi connectivity index (χ1v) is 10.0. The number of aliphatic hydroxyl groups is 1. The van der Waals surface area contributed by atoms with Crippen molar-refractivity contribution in [2.75, 3.05) is 19.7 Å². The van der Waals surface area contributed by atoms with Crippen molar-refractivity contribution in [1.29, 1.82) is 0 Å². The number of rotatable bonds is 6. The summed E-state index contributed by atoms with van der Waals surface area (Å²) in [5, 5.41) is 10.3. The topological polar surface area (TPSA) is 79.7 Å². The van der Waals surface area contributed by atoms with E-state index in [1.54, 1.807) is 0 Å². The summed E-state index contributed by atoms with van der Waals surface area (Å²) in [7, 11) is 0. The lowest BCUT2D eigenvalue weighted by atomic mass is 10.0. The minimum absolute atomic E-state index is 0.0498. The zero-order valence-electron chi connectivity index (χ0n) is 17.3. The Bertz CT molecular complexity index is 870. The van der Waals surface area contributed by atoms with Gasteiger partial charge in [0.25, 0.3) is 5.56 Å². The van der Waals surface area contributed by atoms with Crippen molar-refractivity contribution < 1.29 is 14.7 Å². The standard InChI is InChI=1S/C22H31N3O3/c1-15-7-5-6-8-16(15)11-20-23-19-9-10-25(13-18(19)21(27)24-20)12-17(26)14-28-22(2,3)4/h5-8,17,26H,9-14H2,1-4H3,(H,23,24,27)/p+1/t17-/m0/s1. The van der Waals surface area contributed by atoms with E-state index in [0.717, 1.165) is 30.0 Å². The van der Waals surface area contributed by atoms with E-state index >= 15 is 0 Å². The zero-order valence-corrected chi connectivity index (χ0v) is 17.3. The molecule has 2 atom stereocenters. The van der Waals surface area contributed by atoms with Crippen LogP contribution in [0.25, 0.3) is 0 Å². The quantitative estimate of drug-likeness (QED) is 0.686. The maximum absolute atomic E-state index is 12.7. The zero-order chi connectivity index (χ0) is 20.3. The molecule has 0 bridgehead atoms. The van der Waals surface area contributed by atoms with Crippen LogP contribution in [0.2, 0.25) is 0 Å². The average Bonchev–Trinajstić information content (AvgIpc) is 2.62. The van der Waals surface area contributed by atoms with E-state index < -0.39 is 6.10 Å². The first-order valence-electron chi connectivity index (χ1n) is 10.0. The molecule has 0 radical (unpaired) electrons. The SMILES string of the molecule is Cc1ccccc1Cc1nc2c(c(=O)[nH]1)C[NH+](C[C@H](O)COC(C)(C)C)CC2. The molecule has 6 heteroatoms. The molecule has 1 unspecified atom stereocenters. The molecule has 3 N–H and O–H groups in total. The molecule has 152 valence electrons. The molecule has 0 fully saturated rings. The molecule has 2 aromatic rings. The van der Waals surface area contributed by atoms with Crippen molar-refractivity contribution in [2.45, 2.75) is 58.8 Å². The highest BCUT2D eigenvalue weighted by molar-refractivity contribution is 5.29. The molecule has 0 spiro atoms. The summed E-state index contributed by atoms with van der Waals surface area (Å²) in [6.07, 6.45) is 0.847.